The Morgan fingerprint density at radius 3 is 2.33 bits per heavy atom. The van der Waals surface area contributed by atoms with E-state index in [2.05, 4.69) is 21.4 Å². The van der Waals surface area contributed by atoms with Gasteiger partial charge in [0.25, 0.3) is 0 Å². The Balaban J connectivity index is 2.52. The number of nitrogens with two attached hydrogens (primary N) is 1. The number of rotatable bonds is 3. The average molecular weight is 363 g/mol. The summed E-state index contributed by atoms with van der Waals surface area (Å²) in [6, 6.07) is 9.10. The first-order chi connectivity index (χ1) is 9.84. The predicted octanol–water partition coefficient (Wildman–Crippen LogP) is 4.16. The maximum atomic E-state index is 13.3. The van der Waals surface area contributed by atoms with Crippen molar-refractivity contribution in [1.29, 1.82) is 0 Å². The van der Waals surface area contributed by atoms with Gasteiger partial charge in [-0.3, -0.25) is 5.84 Å². The van der Waals surface area contributed by atoms with Crippen molar-refractivity contribution >= 4 is 15.9 Å². The zero-order chi connectivity index (χ0) is 15.6. The molecule has 3 N–H and O–H groups in total. The largest absolute Gasteiger partial charge is 0.419 e. The molecule has 1 atom stereocenters. The molecule has 0 bridgehead atoms. The van der Waals surface area contributed by atoms with E-state index in [9.17, 15) is 17.6 Å². The molecule has 2 nitrogen and oxygen atoms in total. The fraction of sp³-hybridized carbons (Fsp3) is 0.143. The van der Waals surface area contributed by atoms with Crippen LogP contribution in [0.2, 0.25) is 0 Å². The van der Waals surface area contributed by atoms with E-state index in [0.717, 1.165) is 12.1 Å². The molecular weight excluding hydrogens is 352 g/mol. The Bertz CT molecular complexity index is 643. The third kappa shape index (κ3) is 3.42. The minimum Gasteiger partial charge on any atom is -0.271 e. The fourth-order valence-corrected chi connectivity index (χ4v) is 2.53. The minimum atomic E-state index is -4.76. The third-order valence-corrected chi connectivity index (χ3v) is 3.73. The lowest BCUT2D eigenvalue weighted by atomic mass is 9.97. The number of hydrogen-bond acceptors (Lipinski definition) is 2. The molecule has 0 aliphatic heterocycles. The van der Waals surface area contributed by atoms with E-state index in [1.54, 1.807) is 24.3 Å². The molecule has 2 aromatic rings. The molecule has 2 aromatic carbocycles. The van der Waals surface area contributed by atoms with Crippen molar-refractivity contribution < 1.29 is 17.6 Å². The van der Waals surface area contributed by atoms with Crippen molar-refractivity contribution in [2.75, 3.05) is 0 Å². The van der Waals surface area contributed by atoms with Crippen molar-refractivity contribution in [2.24, 2.45) is 5.84 Å². The third-order valence-electron chi connectivity index (χ3n) is 3.01. The van der Waals surface area contributed by atoms with E-state index < -0.39 is 23.6 Å². The maximum absolute atomic E-state index is 13.3. The van der Waals surface area contributed by atoms with Gasteiger partial charge in [-0.2, -0.15) is 13.2 Å². The van der Waals surface area contributed by atoms with Crippen molar-refractivity contribution in [2.45, 2.75) is 12.2 Å². The van der Waals surface area contributed by atoms with Gasteiger partial charge in [-0.05, 0) is 29.3 Å². The van der Waals surface area contributed by atoms with Crippen LogP contribution in [0.4, 0.5) is 17.6 Å². The van der Waals surface area contributed by atoms with E-state index >= 15 is 0 Å². The van der Waals surface area contributed by atoms with E-state index in [1.165, 1.54) is 6.07 Å². The maximum Gasteiger partial charge on any atom is 0.419 e. The highest BCUT2D eigenvalue weighted by Gasteiger charge is 2.34. The smallest absolute Gasteiger partial charge is 0.271 e. The molecule has 2 rings (SSSR count). The van der Waals surface area contributed by atoms with Crippen LogP contribution in [0.3, 0.4) is 0 Å². The molecule has 21 heavy (non-hydrogen) atoms. The summed E-state index contributed by atoms with van der Waals surface area (Å²) in [4.78, 5) is 0. The Labute approximate surface area is 127 Å². The molecule has 0 fully saturated rings. The normalized spacial score (nSPS) is 13.2. The SMILES string of the molecule is NNC(c1ccc(F)c(C(F)(F)F)c1)c1ccccc1Br. The van der Waals surface area contributed by atoms with Crippen molar-refractivity contribution in [1.82, 2.24) is 5.43 Å². The van der Waals surface area contributed by atoms with Crippen LogP contribution in [0.1, 0.15) is 22.7 Å². The van der Waals surface area contributed by atoms with Crippen molar-refractivity contribution in [3.63, 3.8) is 0 Å². The molecule has 0 heterocycles. The van der Waals surface area contributed by atoms with Crippen LogP contribution >= 0.6 is 15.9 Å². The quantitative estimate of drug-likeness (QED) is 0.488. The zero-order valence-corrected chi connectivity index (χ0v) is 12.2. The highest BCUT2D eigenvalue weighted by molar-refractivity contribution is 9.10. The lowest BCUT2D eigenvalue weighted by Crippen LogP contribution is -2.29. The van der Waals surface area contributed by atoms with Gasteiger partial charge in [-0.25, -0.2) is 9.82 Å². The van der Waals surface area contributed by atoms with Crippen LogP contribution in [0, 0.1) is 5.82 Å². The molecule has 0 amide bonds. The second-order valence-electron chi connectivity index (χ2n) is 4.36. The summed E-state index contributed by atoms with van der Waals surface area (Å²) in [7, 11) is 0. The van der Waals surface area contributed by atoms with Crippen molar-refractivity contribution in [3.05, 3.63) is 69.4 Å². The first-order valence-electron chi connectivity index (χ1n) is 5.91. The summed E-state index contributed by atoms with van der Waals surface area (Å²) < 4.78 is 52.4. The van der Waals surface area contributed by atoms with E-state index in [4.69, 9.17) is 5.84 Å². The van der Waals surface area contributed by atoms with Gasteiger partial charge in [-0.15, -0.1) is 0 Å². The second-order valence-corrected chi connectivity index (χ2v) is 5.21. The predicted molar refractivity (Wildman–Crippen MR) is 74.7 cm³/mol. The fourth-order valence-electron chi connectivity index (χ4n) is 2.01. The standard InChI is InChI=1S/C14H11BrF4N2/c15-11-4-2-1-3-9(11)13(21-20)8-5-6-12(16)10(7-8)14(17,18)19/h1-7,13,21H,20H2. The highest BCUT2D eigenvalue weighted by atomic mass is 79.9. The Kier molecular flexibility index (Phi) is 4.65. The van der Waals surface area contributed by atoms with Gasteiger partial charge in [0, 0.05) is 4.47 Å². The van der Waals surface area contributed by atoms with Crippen LogP contribution in [0.15, 0.2) is 46.9 Å². The van der Waals surface area contributed by atoms with Gasteiger partial charge in [0.15, 0.2) is 0 Å². The molecule has 0 aliphatic carbocycles. The number of hydrogen-bond donors (Lipinski definition) is 2. The topological polar surface area (TPSA) is 38.0 Å². The van der Waals surface area contributed by atoms with Crippen LogP contribution in [-0.2, 0) is 6.18 Å². The first kappa shape index (κ1) is 15.9. The summed E-state index contributed by atoms with van der Waals surface area (Å²) in [5, 5.41) is 0. The number of nitrogens with one attached hydrogen (secondary N) is 1. The lowest BCUT2D eigenvalue weighted by molar-refractivity contribution is -0.140. The number of hydrazine groups is 1. The number of halogens is 5. The minimum absolute atomic E-state index is 0.220. The van der Waals surface area contributed by atoms with E-state index in [0.29, 0.717) is 10.0 Å². The van der Waals surface area contributed by atoms with Crippen LogP contribution < -0.4 is 11.3 Å². The van der Waals surface area contributed by atoms with Crippen molar-refractivity contribution in [3.8, 4) is 0 Å². The summed E-state index contributed by atoms with van der Waals surface area (Å²) in [5.41, 5.74) is 2.01. The number of benzene rings is 2. The average Bonchev–Trinajstić information content (AvgIpc) is 2.42. The monoisotopic (exact) mass is 362 g/mol. The van der Waals surface area contributed by atoms with Gasteiger partial charge in [0.1, 0.15) is 5.82 Å². The zero-order valence-electron chi connectivity index (χ0n) is 10.6. The lowest BCUT2D eigenvalue weighted by Gasteiger charge is -2.20. The highest BCUT2D eigenvalue weighted by Crippen LogP contribution is 2.35. The van der Waals surface area contributed by atoms with Gasteiger partial charge >= 0.3 is 6.18 Å². The molecule has 0 aliphatic rings. The van der Waals surface area contributed by atoms with Gasteiger partial charge < -0.3 is 0 Å². The summed E-state index contributed by atoms with van der Waals surface area (Å²) >= 11 is 3.32. The molecule has 0 radical (unpaired) electrons. The molecule has 0 spiro atoms. The summed E-state index contributed by atoms with van der Waals surface area (Å²) in [6.45, 7) is 0. The molecule has 0 saturated carbocycles. The van der Waals surface area contributed by atoms with Gasteiger partial charge in [-0.1, -0.05) is 40.2 Å². The first-order valence-corrected chi connectivity index (χ1v) is 6.71. The summed E-state index contributed by atoms with van der Waals surface area (Å²) in [5.74, 6) is 4.15. The number of alkyl halides is 3. The van der Waals surface area contributed by atoms with Gasteiger partial charge in [0.2, 0.25) is 0 Å². The Hall–Kier alpha value is -1.44. The molecule has 0 aromatic heterocycles. The molecule has 1 unspecified atom stereocenters. The molecule has 0 saturated heterocycles. The molecule has 112 valence electrons. The van der Waals surface area contributed by atoms with Crippen LogP contribution in [-0.4, -0.2) is 0 Å². The van der Waals surface area contributed by atoms with Crippen LogP contribution in [0.25, 0.3) is 0 Å². The van der Waals surface area contributed by atoms with E-state index in [-0.39, 0.29) is 5.56 Å². The Morgan fingerprint density at radius 2 is 1.76 bits per heavy atom. The van der Waals surface area contributed by atoms with E-state index in [1.807, 2.05) is 0 Å². The second kappa shape index (κ2) is 6.13. The summed E-state index contributed by atoms with van der Waals surface area (Å²) in [6.07, 6.45) is -4.76. The molecule has 7 heteroatoms. The van der Waals surface area contributed by atoms with Crippen LogP contribution in [0.5, 0.6) is 0 Å². The molecular formula is C14H11BrF4N2. The van der Waals surface area contributed by atoms with Gasteiger partial charge in [0.05, 0.1) is 11.6 Å². The Morgan fingerprint density at radius 1 is 1.10 bits per heavy atom.